The number of ether oxygens (including phenoxy) is 1. The van der Waals surface area contributed by atoms with Crippen molar-refractivity contribution in [2.24, 2.45) is 0 Å². The molecule has 0 amide bonds. The Hall–Kier alpha value is -3.08. The number of fused-ring (bicyclic) bond motifs is 1. The van der Waals surface area contributed by atoms with E-state index < -0.39 is 5.97 Å². The highest BCUT2D eigenvalue weighted by atomic mass is 16.5. The maximum absolute atomic E-state index is 11.0. The Morgan fingerprint density at radius 1 is 1.17 bits per heavy atom. The highest BCUT2D eigenvalue weighted by Crippen LogP contribution is 2.25. The lowest BCUT2D eigenvalue weighted by atomic mass is 10.1. The number of carboxylic acids is 1. The molecule has 0 saturated carbocycles. The van der Waals surface area contributed by atoms with Crippen LogP contribution in [0.3, 0.4) is 0 Å². The summed E-state index contributed by atoms with van der Waals surface area (Å²) >= 11 is 0. The minimum absolute atomic E-state index is 0.103. The van der Waals surface area contributed by atoms with E-state index in [-0.39, 0.29) is 6.42 Å². The molecule has 0 atom stereocenters. The Kier molecular flexibility index (Phi) is 4.61. The lowest BCUT2D eigenvalue weighted by Crippen LogP contribution is -2.06. The van der Waals surface area contributed by atoms with E-state index in [4.69, 9.17) is 9.84 Å². The molecule has 0 saturated heterocycles. The third-order valence-corrected chi connectivity index (χ3v) is 3.76. The van der Waals surface area contributed by atoms with E-state index in [9.17, 15) is 4.79 Å². The second-order valence-electron chi connectivity index (χ2n) is 5.41. The van der Waals surface area contributed by atoms with Crippen molar-refractivity contribution in [1.82, 2.24) is 4.98 Å². The maximum Gasteiger partial charge on any atom is 0.309 e. The standard InChI is InChI=1S/C19H18N2O3/c1-24-18-9-5-2-6-13(18)12-20-17-10-14(11-19(22)23)21-16-8-4-3-7-15(16)17/h2-10H,11-12H2,1H3,(H,20,21)(H,22,23). The van der Waals surface area contributed by atoms with Crippen LogP contribution < -0.4 is 10.1 Å². The predicted molar refractivity (Wildman–Crippen MR) is 93.4 cm³/mol. The van der Waals surface area contributed by atoms with Crippen LogP contribution in [-0.2, 0) is 17.8 Å². The van der Waals surface area contributed by atoms with E-state index in [0.717, 1.165) is 27.9 Å². The molecular weight excluding hydrogens is 304 g/mol. The number of nitrogens with one attached hydrogen (secondary N) is 1. The molecule has 5 heteroatoms. The van der Waals surface area contributed by atoms with Gasteiger partial charge in [-0.05, 0) is 18.2 Å². The fourth-order valence-corrected chi connectivity index (χ4v) is 2.66. The quantitative estimate of drug-likeness (QED) is 0.727. The average Bonchev–Trinajstić information content (AvgIpc) is 2.59. The van der Waals surface area contributed by atoms with Gasteiger partial charge in [0.2, 0.25) is 0 Å². The minimum atomic E-state index is -0.895. The number of para-hydroxylation sites is 2. The van der Waals surface area contributed by atoms with Gasteiger partial charge in [-0.25, -0.2) is 0 Å². The highest BCUT2D eigenvalue weighted by molar-refractivity contribution is 5.91. The molecule has 3 aromatic rings. The van der Waals surface area contributed by atoms with Gasteiger partial charge in [0.1, 0.15) is 5.75 Å². The summed E-state index contributed by atoms with van der Waals surface area (Å²) in [5.41, 5.74) is 3.20. The first kappa shape index (κ1) is 15.8. The number of benzene rings is 2. The van der Waals surface area contributed by atoms with Gasteiger partial charge in [0.15, 0.2) is 0 Å². The van der Waals surface area contributed by atoms with Gasteiger partial charge in [-0.15, -0.1) is 0 Å². The summed E-state index contributed by atoms with van der Waals surface area (Å²) < 4.78 is 5.37. The van der Waals surface area contributed by atoms with Crippen LogP contribution in [0.1, 0.15) is 11.3 Å². The van der Waals surface area contributed by atoms with E-state index in [2.05, 4.69) is 10.3 Å². The van der Waals surface area contributed by atoms with Crippen LogP contribution in [0, 0.1) is 0 Å². The molecule has 5 nitrogen and oxygen atoms in total. The van der Waals surface area contributed by atoms with E-state index in [1.807, 2.05) is 48.5 Å². The Bertz CT molecular complexity index is 877. The molecule has 3 rings (SSSR count). The molecule has 24 heavy (non-hydrogen) atoms. The molecule has 0 fully saturated rings. The van der Waals surface area contributed by atoms with Crippen molar-refractivity contribution in [1.29, 1.82) is 0 Å². The summed E-state index contributed by atoms with van der Waals surface area (Å²) in [6.07, 6.45) is -0.103. The first-order valence-corrected chi connectivity index (χ1v) is 7.63. The molecule has 2 N–H and O–H groups in total. The van der Waals surface area contributed by atoms with Crippen LogP contribution in [0.4, 0.5) is 5.69 Å². The third kappa shape index (κ3) is 3.46. The van der Waals surface area contributed by atoms with E-state index >= 15 is 0 Å². The van der Waals surface area contributed by atoms with Gasteiger partial charge in [0.05, 0.1) is 24.7 Å². The number of methoxy groups -OCH3 is 1. The smallest absolute Gasteiger partial charge is 0.309 e. The molecule has 2 aromatic carbocycles. The number of aromatic nitrogens is 1. The summed E-state index contributed by atoms with van der Waals surface area (Å²) in [4.78, 5) is 15.4. The zero-order valence-corrected chi connectivity index (χ0v) is 13.3. The average molecular weight is 322 g/mol. The molecule has 0 spiro atoms. The Balaban J connectivity index is 1.94. The Morgan fingerprint density at radius 3 is 2.71 bits per heavy atom. The largest absolute Gasteiger partial charge is 0.496 e. The van der Waals surface area contributed by atoms with Crippen molar-refractivity contribution in [3.05, 3.63) is 65.9 Å². The molecule has 122 valence electrons. The van der Waals surface area contributed by atoms with Gasteiger partial charge in [0.25, 0.3) is 0 Å². The number of hydrogen-bond donors (Lipinski definition) is 2. The lowest BCUT2D eigenvalue weighted by molar-refractivity contribution is -0.136. The van der Waals surface area contributed by atoms with Gasteiger partial charge in [-0.2, -0.15) is 0 Å². The predicted octanol–water partition coefficient (Wildman–Crippen LogP) is 3.48. The van der Waals surface area contributed by atoms with Gasteiger partial charge < -0.3 is 15.2 Å². The summed E-state index contributed by atoms with van der Waals surface area (Å²) in [5.74, 6) is -0.0809. The van der Waals surface area contributed by atoms with Crippen LogP contribution in [0.5, 0.6) is 5.75 Å². The molecule has 0 aliphatic heterocycles. The van der Waals surface area contributed by atoms with Crippen molar-refractivity contribution < 1.29 is 14.6 Å². The Labute approximate surface area is 139 Å². The maximum atomic E-state index is 11.0. The molecule has 0 bridgehead atoms. The van der Waals surface area contributed by atoms with Crippen LogP contribution in [0.25, 0.3) is 10.9 Å². The summed E-state index contributed by atoms with van der Waals surface area (Å²) in [6, 6.07) is 17.3. The second-order valence-corrected chi connectivity index (χ2v) is 5.41. The van der Waals surface area contributed by atoms with Crippen molar-refractivity contribution in [2.75, 3.05) is 12.4 Å². The minimum Gasteiger partial charge on any atom is -0.496 e. The number of carbonyl (C=O) groups is 1. The normalized spacial score (nSPS) is 10.5. The van der Waals surface area contributed by atoms with Crippen LogP contribution in [0.15, 0.2) is 54.6 Å². The molecule has 0 aliphatic carbocycles. The molecule has 0 unspecified atom stereocenters. The number of hydrogen-bond acceptors (Lipinski definition) is 4. The number of carboxylic acid groups (broad SMARTS) is 1. The van der Waals surface area contributed by atoms with Gasteiger partial charge >= 0.3 is 5.97 Å². The lowest BCUT2D eigenvalue weighted by Gasteiger charge is -2.13. The SMILES string of the molecule is COc1ccccc1CNc1cc(CC(=O)O)nc2ccccc12. The fourth-order valence-electron chi connectivity index (χ4n) is 2.66. The number of pyridine rings is 1. The van der Waals surface area contributed by atoms with Crippen LogP contribution in [-0.4, -0.2) is 23.2 Å². The first-order chi connectivity index (χ1) is 11.7. The highest BCUT2D eigenvalue weighted by Gasteiger charge is 2.09. The van der Waals surface area contributed by atoms with E-state index in [1.165, 1.54) is 0 Å². The molecule has 1 aromatic heterocycles. The van der Waals surface area contributed by atoms with E-state index in [0.29, 0.717) is 12.2 Å². The zero-order chi connectivity index (χ0) is 16.9. The van der Waals surface area contributed by atoms with Gasteiger partial charge in [-0.3, -0.25) is 9.78 Å². The van der Waals surface area contributed by atoms with Gasteiger partial charge in [0, 0.05) is 23.2 Å². The van der Waals surface area contributed by atoms with Crippen LogP contribution >= 0.6 is 0 Å². The topological polar surface area (TPSA) is 71.5 Å². The first-order valence-electron chi connectivity index (χ1n) is 7.63. The molecular formula is C19H18N2O3. The van der Waals surface area contributed by atoms with Crippen molar-refractivity contribution in [3.63, 3.8) is 0 Å². The summed E-state index contributed by atoms with van der Waals surface area (Å²) in [5, 5.41) is 13.4. The van der Waals surface area contributed by atoms with Crippen molar-refractivity contribution in [3.8, 4) is 5.75 Å². The summed E-state index contributed by atoms with van der Waals surface area (Å²) in [7, 11) is 1.64. The van der Waals surface area contributed by atoms with E-state index in [1.54, 1.807) is 13.2 Å². The summed E-state index contributed by atoms with van der Waals surface area (Å²) in [6.45, 7) is 0.574. The van der Waals surface area contributed by atoms with Crippen LogP contribution in [0.2, 0.25) is 0 Å². The molecule has 1 heterocycles. The number of rotatable bonds is 6. The number of anilines is 1. The van der Waals surface area contributed by atoms with Gasteiger partial charge in [-0.1, -0.05) is 36.4 Å². The van der Waals surface area contributed by atoms with Crippen molar-refractivity contribution in [2.45, 2.75) is 13.0 Å². The Morgan fingerprint density at radius 2 is 1.92 bits per heavy atom. The monoisotopic (exact) mass is 322 g/mol. The molecule has 0 radical (unpaired) electrons. The fraction of sp³-hybridized carbons (Fsp3) is 0.158. The molecule has 0 aliphatic rings. The zero-order valence-electron chi connectivity index (χ0n) is 13.3. The number of nitrogens with zero attached hydrogens (tertiary/aromatic N) is 1. The van der Waals surface area contributed by atoms with Crippen molar-refractivity contribution >= 4 is 22.6 Å². The number of aliphatic carboxylic acids is 1. The third-order valence-electron chi connectivity index (χ3n) is 3.76. The second kappa shape index (κ2) is 7.00.